The van der Waals surface area contributed by atoms with Crippen LogP contribution in [-0.2, 0) is 11.0 Å². The number of carbonyl (C=O) groups excluding carboxylic acids is 1. The van der Waals surface area contributed by atoms with Gasteiger partial charge in [0.1, 0.15) is 17.8 Å². The Labute approximate surface area is 171 Å². The third-order valence-corrected chi connectivity index (χ3v) is 5.25. The maximum atomic E-state index is 13.5. The SMILES string of the molecule is N=C(C1=C(N)NC(=O)[C@H](O)[C@@H]1C(F)(F)F)C1CCN(c2ccc(C(F)(F)F)nn2)CC1. The molecule has 31 heavy (non-hydrogen) atoms. The number of nitrogens with one attached hydrogen (secondary N) is 2. The molecular weight excluding hydrogens is 434 g/mol. The summed E-state index contributed by atoms with van der Waals surface area (Å²) in [4.78, 5) is 13.2. The van der Waals surface area contributed by atoms with E-state index >= 15 is 0 Å². The molecule has 0 unspecified atom stereocenters. The van der Waals surface area contributed by atoms with Crippen LogP contribution < -0.4 is 16.0 Å². The lowest BCUT2D eigenvalue weighted by Gasteiger charge is -2.37. The van der Waals surface area contributed by atoms with Crippen molar-refractivity contribution >= 4 is 17.4 Å². The Kier molecular flexibility index (Phi) is 5.86. The fourth-order valence-corrected chi connectivity index (χ4v) is 3.67. The van der Waals surface area contributed by atoms with Crippen molar-refractivity contribution < 1.29 is 36.2 Å². The maximum Gasteiger partial charge on any atom is 0.435 e. The molecule has 0 bridgehead atoms. The second-order valence-corrected chi connectivity index (χ2v) is 7.23. The lowest BCUT2D eigenvalue weighted by atomic mass is 9.79. The minimum atomic E-state index is -5.00. The van der Waals surface area contributed by atoms with Gasteiger partial charge in [0.15, 0.2) is 11.5 Å². The van der Waals surface area contributed by atoms with Gasteiger partial charge in [-0.2, -0.15) is 26.3 Å². The molecule has 0 saturated carbocycles. The number of carbonyl (C=O) groups is 1. The number of hydrogen-bond acceptors (Lipinski definition) is 7. The summed E-state index contributed by atoms with van der Waals surface area (Å²) in [6.45, 7) is 0.401. The van der Waals surface area contributed by atoms with Crippen LogP contribution in [0.5, 0.6) is 0 Å². The van der Waals surface area contributed by atoms with Crippen LogP contribution in [0.1, 0.15) is 18.5 Å². The Bertz CT molecular complexity index is 890. The predicted octanol–water partition coefficient (Wildman–Crippen LogP) is 1.57. The van der Waals surface area contributed by atoms with E-state index in [1.165, 1.54) is 0 Å². The topological polar surface area (TPSA) is 128 Å². The zero-order chi connectivity index (χ0) is 23.1. The molecule has 2 aliphatic rings. The summed E-state index contributed by atoms with van der Waals surface area (Å²) in [5.41, 5.74) is 3.30. The second-order valence-electron chi connectivity index (χ2n) is 7.23. The highest BCUT2D eigenvalue weighted by atomic mass is 19.4. The Hall–Kier alpha value is -2.90. The van der Waals surface area contributed by atoms with Crippen molar-refractivity contribution in [2.45, 2.75) is 31.3 Å². The van der Waals surface area contributed by atoms with E-state index in [0.29, 0.717) is 0 Å². The number of piperidine rings is 1. The molecule has 1 aromatic rings. The van der Waals surface area contributed by atoms with Crippen molar-refractivity contribution in [1.82, 2.24) is 15.5 Å². The van der Waals surface area contributed by atoms with Gasteiger partial charge in [-0.05, 0) is 25.0 Å². The van der Waals surface area contributed by atoms with E-state index in [0.717, 1.165) is 12.1 Å². The van der Waals surface area contributed by atoms with E-state index in [2.05, 4.69) is 10.2 Å². The average Bonchev–Trinajstić information content (AvgIpc) is 2.68. The third-order valence-electron chi connectivity index (χ3n) is 5.25. The van der Waals surface area contributed by atoms with Crippen LogP contribution in [0.25, 0.3) is 0 Å². The quantitative estimate of drug-likeness (QED) is 0.407. The first-order chi connectivity index (χ1) is 14.3. The molecule has 0 spiro atoms. The van der Waals surface area contributed by atoms with Crippen molar-refractivity contribution in [3.05, 3.63) is 29.2 Å². The van der Waals surface area contributed by atoms with E-state index in [1.54, 1.807) is 4.90 Å². The van der Waals surface area contributed by atoms with E-state index in [9.17, 15) is 36.2 Å². The molecule has 14 heteroatoms. The van der Waals surface area contributed by atoms with Crippen LogP contribution in [0.4, 0.5) is 32.2 Å². The number of halogens is 6. The Morgan fingerprint density at radius 2 is 1.77 bits per heavy atom. The van der Waals surface area contributed by atoms with Gasteiger partial charge in [0, 0.05) is 30.3 Å². The number of rotatable bonds is 3. The fraction of sp³-hybridized carbons (Fsp3) is 0.529. The Balaban J connectivity index is 1.73. The second kappa shape index (κ2) is 7.98. The zero-order valence-corrected chi connectivity index (χ0v) is 15.8. The molecule has 0 radical (unpaired) electrons. The summed E-state index contributed by atoms with van der Waals surface area (Å²) in [5, 5.41) is 26.7. The molecule has 8 nitrogen and oxygen atoms in total. The number of alkyl halides is 6. The molecule has 2 aliphatic heterocycles. The monoisotopic (exact) mass is 452 g/mol. The smallest absolute Gasteiger partial charge is 0.385 e. The summed E-state index contributed by atoms with van der Waals surface area (Å²) in [5.74, 6) is -5.04. The third kappa shape index (κ3) is 4.57. The van der Waals surface area contributed by atoms with E-state index in [4.69, 9.17) is 11.1 Å². The van der Waals surface area contributed by atoms with Gasteiger partial charge >= 0.3 is 12.4 Å². The molecule has 170 valence electrons. The number of aromatic nitrogens is 2. The molecule has 1 amide bonds. The largest absolute Gasteiger partial charge is 0.435 e. The van der Waals surface area contributed by atoms with Crippen LogP contribution >= 0.6 is 0 Å². The maximum absolute atomic E-state index is 13.5. The molecule has 2 atom stereocenters. The van der Waals surface area contributed by atoms with Crippen LogP contribution in [-0.4, -0.2) is 52.3 Å². The first kappa shape index (κ1) is 22.8. The number of nitrogens with zero attached hydrogens (tertiary/aromatic N) is 3. The number of anilines is 1. The molecule has 1 fully saturated rings. The van der Waals surface area contributed by atoms with Gasteiger partial charge < -0.3 is 26.5 Å². The standard InChI is InChI=1S/C17H18F6N6O2/c18-16(19,20)8-1-2-9(28-27-8)29-5-3-7(4-6-29)12(24)10-11(17(21,22)23)13(30)15(31)26-14(10)25/h1-2,7,11,13,24,30H,3-6,25H2,(H,26,31)/t11-,13-/m1/s1. The normalized spacial score (nSPS) is 23.7. The van der Waals surface area contributed by atoms with Gasteiger partial charge in [0.05, 0.1) is 0 Å². The van der Waals surface area contributed by atoms with Crippen molar-refractivity contribution in [1.29, 1.82) is 5.41 Å². The number of hydrogen-bond donors (Lipinski definition) is 4. The minimum Gasteiger partial charge on any atom is -0.385 e. The lowest BCUT2D eigenvalue weighted by molar-refractivity contribution is -0.192. The average molecular weight is 452 g/mol. The zero-order valence-electron chi connectivity index (χ0n) is 15.8. The summed E-state index contributed by atoms with van der Waals surface area (Å²) >= 11 is 0. The van der Waals surface area contributed by atoms with Crippen molar-refractivity contribution in [2.75, 3.05) is 18.0 Å². The van der Waals surface area contributed by atoms with Gasteiger partial charge in [0.2, 0.25) is 0 Å². The van der Waals surface area contributed by atoms with Crippen molar-refractivity contribution in [2.24, 2.45) is 17.6 Å². The lowest BCUT2D eigenvalue weighted by Crippen LogP contribution is -2.54. The number of amides is 1. The van der Waals surface area contributed by atoms with E-state index in [1.807, 2.05) is 5.32 Å². The van der Waals surface area contributed by atoms with Gasteiger partial charge in [-0.1, -0.05) is 0 Å². The number of nitrogens with two attached hydrogens (primary N) is 1. The van der Waals surface area contributed by atoms with E-state index < -0.39 is 59.0 Å². The minimum absolute atomic E-state index is 0.172. The van der Waals surface area contributed by atoms with Gasteiger partial charge in [-0.25, -0.2) is 0 Å². The molecule has 1 aromatic heterocycles. The van der Waals surface area contributed by atoms with Crippen molar-refractivity contribution in [3.8, 4) is 0 Å². The van der Waals surface area contributed by atoms with Gasteiger partial charge in [-0.15, -0.1) is 10.2 Å². The van der Waals surface area contributed by atoms with Crippen LogP contribution in [0.3, 0.4) is 0 Å². The van der Waals surface area contributed by atoms with Gasteiger partial charge in [-0.3, -0.25) is 4.79 Å². The first-order valence-electron chi connectivity index (χ1n) is 9.10. The Morgan fingerprint density at radius 3 is 2.26 bits per heavy atom. The summed E-state index contributed by atoms with van der Waals surface area (Å²) < 4.78 is 78.3. The molecule has 3 rings (SSSR count). The molecule has 0 aromatic carbocycles. The van der Waals surface area contributed by atoms with Crippen LogP contribution in [0.2, 0.25) is 0 Å². The van der Waals surface area contributed by atoms with Crippen LogP contribution in [0, 0.1) is 17.2 Å². The molecule has 5 N–H and O–H groups in total. The molecule has 1 saturated heterocycles. The van der Waals surface area contributed by atoms with Crippen molar-refractivity contribution in [3.63, 3.8) is 0 Å². The predicted molar refractivity (Wildman–Crippen MR) is 94.6 cm³/mol. The Morgan fingerprint density at radius 1 is 1.16 bits per heavy atom. The van der Waals surface area contributed by atoms with Gasteiger partial charge in [0.25, 0.3) is 5.91 Å². The summed E-state index contributed by atoms with van der Waals surface area (Å²) in [6, 6.07) is 1.93. The molecule has 3 heterocycles. The highest BCUT2D eigenvalue weighted by molar-refractivity contribution is 6.03. The summed E-state index contributed by atoms with van der Waals surface area (Å²) in [6.07, 6.45) is -11.7. The number of aliphatic hydroxyl groups is 1. The highest BCUT2D eigenvalue weighted by Crippen LogP contribution is 2.40. The molecule has 0 aliphatic carbocycles. The molecular formula is C17H18F6N6O2. The fourth-order valence-electron chi connectivity index (χ4n) is 3.67. The highest BCUT2D eigenvalue weighted by Gasteiger charge is 2.53. The first-order valence-corrected chi connectivity index (χ1v) is 9.10. The summed E-state index contributed by atoms with van der Waals surface area (Å²) in [7, 11) is 0. The van der Waals surface area contributed by atoms with Crippen LogP contribution in [0.15, 0.2) is 23.5 Å². The number of aliphatic hydroxyl groups excluding tert-OH is 1. The van der Waals surface area contributed by atoms with E-state index in [-0.39, 0.29) is 31.7 Å².